The molecule has 1 rings (SSSR count). The zero-order chi connectivity index (χ0) is 15.3. The molecule has 0 heterocycles. The first-order valence-electron chi connectivity index (χ1n) is 6.45. The molecule has 0 atom stereocenters. The summed E-state index contributed by atoms with van der Waals surface area (Å²) >= 11 is 5.81. The first-order chi connectivity index (χ1) is 9.27. The lowest BCUT2D eigenvalue weighted by Gasteiger charge is -2.23. The molecule has 4 nitrogen and oxygen atoms in total. The third-order valence-corrected chi connectivity index (χ3v) is 3.83. The summed E-state index contributed by atoms with van der Waals surface area (Å²) in [7, 11) is 1.73. The van der Waals surface area contributed by atoms with Crippen LogP contribution in [0.1, 0.15) is 26.3 Å². The maximum absolute atomic E-state index is 12.2. The second-order valence-corrected chi connectivity index (χ2v) is 5.77. The summed E-state index contributed by atoms with van der Waals surface area (Å²) in [6.07, 6.45) is 0. The Labute approximate surface area is 125 Å². The summed E-state index contributed by atoms with van der Waals surface area (Å²) in [4.78, 5) is 25.1. The van der Waals surface area contributed by atoms with E-state index in [1.165, 1.54) is 6.92 Å². The highest BCUT2D eigenvalue weighted by Gasteiger charge is 2.27. The van der Waals surface area contributed by atoms with Gasteiger partial charge in [0, 0.05) is 32.1 Å². The number of hydrogen-bond donors (Lipinski definition) is 1. The lowest BCUT2D eigenvalue weighted by Crippen LogP contribution is -2.33. The molecular weight excluding hydrogens is 276 g/mol. The average Bonchev–Trinajstić information content (AvgIpc) is 2.40. The van der Waals surface area contributed by atoms with Crippen LogP contribution < -0.4 is 5.32 Å². The lowest BCUT2D eigenvalue weighted by molar-refractivity contribution is -0.128. The van der Waals surface area contributed by atoms with E-state index in [2.05, 4.69) is 5.32 Å². The Hall–Kier alpha value is -1.55. The van der Waals surface area contributed by atoms with Crippen molar-refractivity contribution in [3.8, 4) is 0 Å². The number of halogens is 1. The van der Waals surface area contributed by atoms with Crippen LogP contribution in [0.4, 0.5) is 5.69 Å². The van der Waals surface area contributed by atoms with Crippen molar-refractivity contribution in [2.24, 2.45) is 5.41 Å². The van der Waals surface area contributed by atoms with Gasteiger partial charge in [-0.2, -0.15) is 0 Å². The number of amides is 2. The summed E-state index contributed by atoms with van der Waals surface area (Å²) < 4.78 is 0. The van der Waals surface area contributed by atoms with Gasteiger partial charge in [-0.25, -0.2) is 0 Å². The maximum atomic E-state index is 12.2. The molecule has 0 spiro atoms. The highest BCUT2D eigenvalue weighted by molar-refractivity contribution is 6.20. The van der Waals surface area contributed by atoms with Crippen molar-refractivity contribution in [2.45, 2.75) is 27.3 Å². The van der Waals surface area contributed by atoms with Crippen LogP contribution >= 0.6 is 11.6 Å². The van der Waals surface area contributed by atoms with Crippen LogP contribution in [0.5, 0.6) is 0 Å². The molecule has 2 amide bonds. The van der Waals surface area contributed by atoms with E-state index in [-0.39, 0.29) is 17.7 Å². The van der Waals surface area contributed by atoms with Gasteiger partial charge in [-0.05, 0) is 25.5 Å². The Morgan fingerprint density at radius 2 is 1.90 bits per heavy atom. The second-order valence-electron chi connectivity index (χ2n) is 5.50. The van der Waals surface area contributed by atoms with Crippen molar-refractivity contribution in [3.63, 3.8) is 0 Å². The smallest absolute Gasteiger partial charge is 0.231 e. The SMILES string of the molecule is CC(=O)N(C)Cc1ccccc1NC(=O)C(C)(C)CCl. The Bertz CT molecular complexity index is 500. The van der Waals surface area contributed by atoms with Gasteiger partial charge in [0.15, 0.2) is 0 Å². The molecule has 0 aliphatic heterocycles. The molecule has 0 radical (unpaired) electrons. The van der Waals surface area contributed by atoms with Gasteiger partial charge in [0.25, 0.3) is 0 Å². The highest BCUT2D eigenvalue weighted by atomic mass is 35.5. The van der Waals surface area contributed by atoms with Gasteiger partial charge in [-0.15, -0.1) is 11.6 Å². The summed E-state index contributed by atoms with van der Waals surface area (Å²) in [5.74, 6) is 0.0894. The van der Waals surface area contributed by atoms with E-state index in [9.17, 15) is 9.59 Å². The molecule has 20 heavy (non-hydrogen) atoms. The van der Waals surface area contributed by atoms with E-state index in [1.54, 1.807) is 25.8 Å². The Kier molecular flexibility index (Phi) is 5.57. The van der Waals surface area contributed by atoms with Crippen LogP contribution in [-0.2, 0) is 16.1 Å². The summed E-state index contributed by atoms with van der Waals surface area (Å²) in [5.41, 5.74) is 0.967. The number of rotatable bonds is 5. The number of carbonyl (C=O) groups is 2. The molecule has 0 saturated heterocycles. The molecule has 0 unspecified atom stereocenters. The number of nitrogens with one attached hydrogen (secondary N) is 1. The third kappa shape index (κ3) is 4.23. The first kappa shape index (κ1) is 16.5. The fraction of sp³-hybridized carbons (Fsp3) is 0.467. The van der Waals surface area contributed by atoms with Crippen molar-refractivity contribution in [1.82, 2.24) is 4.90 Å². The third-order valence-electron chi connectivity index (χ3n) is 3.16. The van der Waals surface area contributed by atoms with Crippen molar-refractivity contribution < 1.29 is 9.59 Å². The lowest BCUT2D eigenvalue weighted by atomic mass is 9.95. The molecule has 0 saturated carbocycles. The number of para-hydroxylation sites is 1. The van der Waals surface area contributed by atoms with Gasteiger partial charge in [-0.1, -0.05) is 18.2 Å². The topological polar surface area (TPSA) is 49.4 Å². The monoisotopic (exact) mass is 296 g/mol. The first-order valence-corrected chi connectivity index (χ1v) is 6.98. The van der Waals surface area contributed by atoms with Crippen LogP contribution in [-0.4, -0.2) is 29.6 Å². The molecule has 0 fully saturated rings. The van der Waals surface area contributed by atoms with E-state index in [0.29, 0.717) is 12.2 Å². The van der Waals surface area contributed by atoms with E-state index >= 15 is 0 Å². The number of anilines is 1. The Balaban J connectivity index is 2.91. The highest BCUT2D eigenvalue weighted by Crippen LogP contribution is 2.23. The van der Waals surface area contributed by atoms with Crippen LogP contribution in [0.25, 0.3) is 0 Å². The molecule has 0 aromatic heterocycles. The standard InChI is InChI=1S/C15H21ClN2O2/c1-11(19)18(4)9-12-7-5-6-8-13(12)17-14(20)15(2,3)10-16/h5-8H,9-10H2,1-4H3,(H,17,20). The quantitative estimate of drug-likeness (QED) is 0.850. The second kappa shape index (κ2) is 6.75. The fourth-order valence-electron chi connectivity index (χ4n) is 1.50. The number of carbonyl (C=O) groups excluding carboxylic acids is 2. The largest absolute Gasteiger partial charge is 0.342 e. The predicted octanol–water partition coefficient (Wildman–Crippen LogP) is 2.87. The van der Waals surface area contributed by atoms with Crippen LogP contribution in [0.2, 0.25) is 0 Å². The molecule has 1 aromatic rings. The van der Waals surface area contributed by atoms with Crippen molar-refractivity contribution in [1.29, 1.82) is 0 Å². The minimum absolute atomic E-state index is 0.0211. The molecular formula is C15H21ClN2O2. The molecule has 0 aliphatic rings. The van der Waals surface area contributed by atoms with Gasteiger partial charge in [-0.3, -0.25) is 9.59 Å². The van der Waals surface area contributed by atoms with Crippen LogP contribution in [0.15, 0.2) is 24.3 Å². The summed E-state index contributed by atoms with van der Waals surface area (Å²) in [5, 5.41) is 2.88. The van der Waals surface area contributed by atoms with Gasteiger partial charge in [0.05, 0.1) is 5.41 Å². The molecule has 5 heteroatoms. The summed E-state index contributed by atoms with van der Waals surface area (Å²) in [6, 6.07) is 7.44. The Morgan fingerprint density at radius 3 is 2.45 bits per heavy atom. The molecule has 0 aliphatic carbocycles. The summed E-state index contributed by atoms with van der Waals surface area (Å²) in [6.45, 7) is 5.55. The predicted molar refractivity (Wildman–Crippen MR) is 81.7 cm³/mol. The van der Waals surface area contributed by atoms with Crippen LogP contribution in [0, 0.1) is 5.41 Å². The van der Waals surface area contributed by atoms with Gasteiger partial charge >= 0.3 is 0 Å². The van der Waals surface area contributed by atoms with Crippen molar-refractivity contribution in [3.05, 3.63) is 29.8 Å². The van der Waals surface area contributed by atoms with Gasteiger partial charge in [0.2, 0.25) is 11.8 Å². The van der Waals surface area contributed by atoms with E-state index in [0.717, 1.165) is 5.56 Å². The van der Waals surface area contributed by atoms with E-state index in [4.69, 9.17) is 11.6 Å². The maximum Gasteiger partial charge on any atom is 0.231 e. The van der Waals surface area contributed by atoms with Crippen molar-refractivity contribution in [2.75, 3.05) is 18.2 Å². The Morgan fingerprint density at radius 1 is 1.30 bits per heavy atom. The minimum atomic E-state index is -0.638. The minimum Gasteiger partial charge on any atom is -0.342 e. The number of hydrogen-bond acceptors (Lipinski definition) is 2. The zero-order valence-corrected chi connectivity index (χ0v) is 13.1. The van der Waals surface area contributed by atoms with Gasteiger partial charge in [0.1, 0.15) is 0 Å². The van der Waals surface area contributed by atoms with E-state index < -0.39 is 5.41 Å². The molecule has 110 valence electrons. The normalized spacial score (nSPS) is 11.1. The van der Waals surface area contributed by atoms with Crippen LogP contribution in [0.3, 0.4) is 0 Å². The number of alkyl halides is 1. The zero-order valence-electron chi connectivity index (χ0n) is 12.4. The molecule has 1 aromatic carbocycles. The number of benzene rings is 1. The van der Waals surface area contributed by atoms with Crippen molar-refractivity contribution >= 4 is 29.1 Å². The number of nitrogens with zero attached hydrogens (tertiary/aromatic N) is 1. The van der Waals surface area contributed by atoms with E-state index in [1.807, 2.05) is 24.3 Å². The molecule has 0 bridgehead atoms. The van der Waals surface area contributed by atoms with Gasteiger partial charge < -0.3 is 10.2 Å². The fourth-order valence-corrected chi connectivity index (χ4v) is 1.62. The average molecular weight is 297 g/mol. The molecule has 1 N–H and O–H groups in total.